The summed E-state index contributed by atoms with van der Waals surface area (Å²) >= 11 is 0. The van der Waals surface area contributed by atoms with Gasteiger partial charge in [0.15, 0.2) is 12.2 Å². The van der Waals surface area contributed by atoms with Crippen LogP contribution in [0, 0.1) is 0 Å². The van der Waals surface area contributed by atoms with Crippen molar-refractivity contribution >= 4 is 11.9 Å². The molecular formula is C16H18N2O4. The Morgan fingerprint density at radius 1 is 1.32 bits per heavy atom. The minimum atomic E-state index is -1.01. The molecule has 1 atom stereocenters. The van der Waals surface area contributed by atoms with Crippen molar-refractivity contribution in [3.63, 3.8) is 0 Å². The van der Waals surface area contributed by atoms with Gasteiger partial charge in [-0.1, -0.05) is 31.9 Å². The van der Waals surface area contributed by atoms with E-state index in [-0.39, 0.29) is 0 Å². The van der Waals surface area contributed by atoms with E-state index >= 15 is 0 Å². The number of rotatable bonds is 7. The molecule has 0 radical (unpaired) electrons. The summed E-state index contributed by atoms with van der Waals surface area (Å²) in [5.41, 5.74) is 1.21. The molecule has 0 fully saturated rings. The van der Waals surface area contributed by atoms with Crippen LogP contribution in [-0.2, 0) is 4.79 Å². The molecule has 6 nitrogen and oxygen atoms in total. The zero-order valence-electron chi connectivity index (χ0n) is 12.3. The maximum absolute atomic E-state index is 12.1. The van der Waals surface area contributed by atoms with E-state index in [2.05, 4.69) is 10.3 Å². The van der Waals surface area contributed by atoms with E-state index in [0.29, 0.717) is 17.7 Å². The smallest absolute Gasteiger partial charge is 0.326 e. The summed E-state index contributed by atoms with van der Waals surface area (Å²) in [4.78, 5) is 27.1. The highest BCUT2D eigenvalue weighted by Gasteiger charge is 2.20. The standard InChI is InChI=1S/C16H18N2O4/c1-2-3-4-13(16(20)21)18-15(19)12-7-5-11(6-8-12)14-9-17-10-22-14/h5-10,13H,2-4H2,1H3,(H,18,19)(H,20,21). The number of carboxylic acids is 1. The minimum Gasteiger partial charge on any atom is -0.480 e. The van der Waals surface area contributed by atoms with Gasteiger partial charge in [0.1, 0.15) is 6.04 Å². The fourth-order valence-corrected chi connectivity index (χ4v) is 2.05. The second kappa shape index (κ2) is 7.40. The van der Waals surface area contributed by atoms with E-state index in [0.717, 1.165) is 18.4 Å². The SMILES string of the molecule is CCCCC(NC(=O)c1ccc(-c2cnco2)cc1)C(=O)O. The van der Waals surface area contributed by atoms with Gasteiger partial charge in [0.25, 0.3) is 5.91 Å². The van der Waals surface area contributed by atoms with Gasteiger partial charge >= 0.3 is 5.97 Å². The van der Waals surface area contributed by atoms with Gasteiger partial charge < -0.3 is 14.8 Å². The zero-order valence-corrected chi connectivity index (χ0v) is 12.3. The van der Waals surface area contributed by atoms with Gasteiger partial charge in [0, 0.05) is 11.1 Å². The van der Waals surface area contributed by atoms with Crippen LogP contribution in [0.4, 0.5) is 0 Å². The number of hydrogen-bond donors (Lipinski definition) is 2. The monoisotopic (exact) mass is 302 g/mol. The molecule has 2 N–H and O–H groups in total. The van der Waals surface area contributed by atoms with Gasteiger partial charge in [-0.05, 0) is 18.6 Å². The Balaban J connectivity index is 2.04. The van der Waals surface area contributed by atoms with Crippen molar-refractivity contribution in [1.82, 2.24) is 10.3 Å². The van der Waals surface area contributed by atoms with E-state index in [1.54, 1.807) is 30.5 Å². The van der Waals surface area contributed by atoms with Crippen molar-refractivity contribution < 1.29 is 19.1 Å². The third kappa shape index (κ3) is 3.94. The number of carboxylic acid groups (broad SMARTS) is 1. The van der Waals surface area contributed by atoms with Gasteiger partial charge in [-0.2, -0.15) is 0 Å². The Morgan fingerprint density at radius 2 is 2.05 bits per heavy atom. The molecule has 0 aliphatic rings. The summed E-state index contributed by atoms with van der Waals surface area (Å²) < 4.78 is 5.17. The third-order valence-electron chi connectivity index (χ3n) is 3.31. The van der Waals surface area contributed by atoms with E-state index in [1.807, 2.05) is 6.92 Å². The second-order valence-electron chi connectivity index (χ2n) is 4.95. The van der Waals surface area contributed by atoms with Gasteiger partial charge in [0.05, 0.1) is 6.20 Å². The summed E-state index contributed by atoms with van der Waals surface area (Å²) in [6, 6.07) is 5.87. The minimum absolute atomic E-state index is 0.396. The number of nitrogens with zero attached hydrogens (tertiary/aromatic N) is 1. The van der Waals surface area contributed by atoms with Gasteiger partial charge in [-0.15, -0.1) is 0 Å². The van der Waals surface area contributed by atoms with Crippen LogP contribution in [0.2, 0.25) is 0 Å². The maximum atomic E-state index is 12.1. The number of aromatic nitrogens is 1. The van der Waals surface area contributed by atoms with Crippen molar-refractivity contribution in [3.8, 4) is 11.3 Å². The van der Waals surface area contributed by atoms with Crippen LogP contribution in [0.15, 0.2) is 41.3 Å². The van der Waals surface area contributed by atoms with Gasteiger partial charge in [-0.3, -0.25) is 4.79 Å². The normalized spacial score (nSPS) is 11.9. The zero-order chi connectivity index (χ0) is 15.9. The first-order chi connectivity index (χ1) is 10.6. The van der Waals surface area contributed by atoms with Crippen molar-refractivity contribution in [3.05, 3.63) is 42.4 Å². The van der Waals surface area contributed by atoms with Crippen LogP contribution in [0.5, 0.6) is 0 Å². The Bertz CT molecular complexity index is 620. The molecule has 2 rings (SSSR count). The third-order valence-corrected chi connectivity index (χ3v) is 3.31. The number of amides is 1. The average Bonchev–Trinajstić information content (AvgIpc) is 3.05. The van der Waals surface area contributed by atoms with Crippen molar-refractivity contribution in [1.29, 1.82) is 0 Å². The lowest BCUT2D eigenvalue weighted by Gasteiger charge is -2.14. The molecule has 1 amide bonds. The molecule has 22 heavy (non-hydrogen) atoms. The lowest BCUT2D eigenvalue weighted by molar-refractivity contribution is -0.139. The van der Waals surface area contributed by atoms with Crippen LogP contribution in [0.3, 0.4) is 0 Å². The van der Waals surface area contributed by atoms with Crippen LogP contribution in [0.1, 0.15) is 36.5 Å². The predicted molar refractivity (Wildman–Crippen MR) is 80.4 cm³/mol. The van der Waals surface area contributed by atoms with Gasteiger partial charge in [0.2, 0.25) is 0 Å². The largest absolute Gasteiger partial charge is 0.480 e. The molecule has 6 heteroatoms. The average molecular weight is 302 g/mol. The van der Waals surface area contributed by atoms with E-state index in [4.69, 9.17) is 9.52 Å². The Kier molecular flexibility index (Phi) is 5.30. The molecule has 0 aliphatic carbocycles. The van der Waals surface area contributed by atoms with Crippen LogP contribution >= 0.6 is 0 Å². The first-order valence-corrected chi connectivity index (χ1v) is 7.14. The molecular weight excluding hydrogens is 284 g/mol. The van der Waals surface area contributed by atoms with E-state index in [1.165, 1.54) is 6.39 Å². The van der Waals surface area contributed by atoms with E-state index < -0.39 is 17.9 Å². The lowest BCUT2D eigenvalue weighted by Crippen LogP contribution is -2.40. The first kappa shape index (κ1) is 15.8. The highest BCUT2D eigenvalue weighted by Crippen LogP contribution is 2.18. The summed E-state index contributed by atoms with van der Waals surface area (Å²) in [5.74, 6) is -0.800. The highest BCUT2D eigenvalue weighted by molar-refractivity contribution is 5.96. The van der Waals surface area contributed by atoms with E-state index in [9.17, 15) is 9.59 Å². The fraction of sp³-hybridized carbons (Fsp3) is 0.312. The molecule has 0 aliphatic heterocycles. The highest BCUT2D eigenvalue weighted by atomic mass is 16.4. The van der Waals surface area contributed by atoms with Gasteiger partial charge in [-0.25, -0.2) is 9.78 Å². The number of hydrogen-bond acceptors (Lipinski definition) is 4. The lowest BCUT2D eigenvalue weighted by atomic mass is 10.1. The molecule has 0 bridgehead atoms. The number of carbonyl (C=O) groups excluding carboxylic acids is 1. The molecule has 1 unspecified atom stereocenters. The Morgan fingerprint density at radius 3 is 2.59 bits per heavy atom. The molecule has 2 aromatic rings. The predicted octanol–water partition coefficient (Wildman–Crippen LogP) is 2.71. The summed E-state index contributed by atoms with van der Waals surface area (Å²) in [7, 11) is 0. The molecule has 1 aromatic carbocycles. The Hall–Kier alpha value is -2.63. The molecule has 1 heterocycles. The van der Waals surface area contributed by atoms with Crippen LogP contribution in [-0.4, -0.2) is 28.0 Å². The summed E-state index contributed by atoms with van der Waals surface area (Å²) in [6.45, 7) is 1.98. The number of nitrogens with one attached hydrogen (secondary N) is 1. The molecule has 116 valence electrons. The molecule has 0 saturated carbocycles. The number of unbranched alkanes of at least 4 members (excludes halogenated alkanes) is 1. The number of aliphatic carboxylic acids is 1. The van der Waals surface area contributed by atoms with Crippen molar-refractivity contribution in [2.75, 3.05) is 0 Å². The van der Waals surface area contributed by atoms with Crippen LogP contribution < -0.4 is 5.32 Å². The Labute approximate surface area is 128 Å². The second-order valence-corrected chi connectivity index (χ2v) is 4.95. The molecule has 1 aromatic heterocycles. The number of oxazole rings is 1. The molecule has 0 spiro atoms. The molecule has 0 saturated heterocycles. The quantitative estimate of drug-likeness (QED) is 0.820. The van der Waals surface area contributed by atoms with Crippen molar-refractivity contribution in [2.45, 2.75) is 32.2 Å². The van der Waals surface area contributed by atoms with Crippen molar-refractivity contribution in [2.24, 2.45) is 0 Å². The summed E-state index contributed by atoms with van der Waals surface area (Å²) in [6.07, 6.45) is 4.97. The number of carbonyl (C=O) groups is 2. The topological polar surface area (TPSA) is 92.4 Å². The first-order valence-electron chi connectivity index (χ1n) is 7.14. The fourth-order valence-electron chi connectivity index (χ4n) is 2.05. The number of benzene rings is 1. The summed E-state index contributed by atoms with van der Waals surface area (Å²) in [5, 5.41) is 11.7. The van der Waals surface area contributed by atoms with Crippen LogP contribution in [0.25, 0.3) is 11.3 Å². The maximum Gasteiger partial charge on any atom is 0.326 e.